The number of sulfonamides is 1. The van der Waals surface area contributed by atoms with E-state index in [0.717, 1.165) is 0 Å². The Labute approximate surface area is 166 Å². The lowest BCUT2D eigenvalue weighted by atomic mass is 10.1. The fourth-order valence-corrected chi connectivity index (χ4v) is 4.43. The summed E-state index contributed by atoms with van der Waals surface area (Å²) in [6.07, 6.45) is -0.0641. The number of amides is 1. The van der Waals surface area contributed by atoms with E-state index in [2.05, 4.69) is 21.2 Å². The Morgan fingerprint density at radius 2 is 1.85 bits per heavy atom. The van der Waals surface area contributed by atoms with E-state index in [1.54, 1.807) is 13.8 Å². The topological polar surface area (TPSA) is 86.7 Å². The number of hydrogen-bond donors (Lipinski definition) is 2. The molecule has 2 rings (SSSR count). The minimum atomic E-state index is -3.72. The van der Waals surface area contributed by atoms with Gasteiger partial charge in [-0.25, -0.2) is 12.8 Å². The van der Waals surface area contributed by atoms with Crippen molar-refractivity contribution in [2.24, 2.45) is 0 Å². The maximum atomic E-state index is 13.3. The lowest BCUT2D eigenvalue weighted by Crippen LogP contribution is -2.30. The maximum absolute atomic E-state index is 13.3. The number of benzene rings is 2. The van der Waals surface area contributed by atoms with Gasteiger partial charge in [0.2, 0.25) is 15.9 Å². The summed E-state index contributed by atoms with van der Waals surface area (Å²) in [7, 11) is -3.72. The molecule has 0 heterocycles. The molecule has 2 N–H and O–H groups in total. The number of halogens is 2. The number of hydrogen-bond acceptors (Lipinski definition) is 4. The number of anilines is 1. The van der Waals surface area contributed by atoms with Gasteiger partial charge < -0.3 is 10.4 Å². The van der Waals surface area contributed by atoms with E-state index in [0.29, 0.717) is 18.7 Å². The van der Waals surface area contributed by atoms with Crippen molar-refractivity contribution in [3.63, 3.8) is 0 Å². The van der Waals surface area contributed by atoms with Gasteiger partial charge in [-0.1, -0.05) is 19.9 Å². The van der Waals surface area contributed by atoms with Crippen LogP contribution in [0, 0.1) is 5.82 Å². The van der Waals surface area contributed by atoms with Crippen molar-refractivity contribution in [3.05, 3.63) is 52.3 Å². The van der Waals surface area contributed by atoms with Gasteiger partial charge in [-0.15, -0.1) is 0 Å². The molecule has 9 heteroatoms. The van der Waals surface area contributed by atoms with Gasteiger partial charge >= 0.3 is 0 Å². The van der Waals surface area contributed by atoms with Crippen molar-refractivity contribution in [1.29, 1.82) is 0 Å². The van der Waals surface area contributed by atoms with Crippen molar-refractivity contribution >= 4 is 37.5 Å². The first-order valence-corrected chi connectivity index (χ1v) is 10.5. The monoisotopic (exact) mass is 458 g/mol. The summed E-state index contributed by atoms with van der Waals surface area (Å²) in [6.45, 7) is 4.07. The summed E-state index contributed by atoms with van der Waals surface area (Å²) in [6, 6.07) is 7.93. The van der Waals surface area contributed by atoms with E-state index in [4.69, 9.17) is 0 Å². The zero-order valence-corrected chi connectivity index (χ0v) is 17.3. The Morgan fingerprint density at radius 1 is 1.19 bits per heavy atom. The van der Waals surface area contributed by atoms with Crippen LogP contribution in [0.5, 0.6) is 5.75 Å². The van der Waals surface area contributed by atoms with Crippen LogP contribution in [-0.2, 0) is 21.2 Å². The average molecular weight is 459 g/mol. The van der Waals surface area contributed by atoms with Crippen LogP contribution in [0.1, 0.15) is 19.4 Å². The lowest BCUT2D eigenvalue weighted by molar-refractivity contribution is -0.115. The molecule has 0 spiro atoms. The first-order chi connectivity index (χ1) is 12.7. The zero-order chi connectivity index (χ0) is 20.2. The van der Waals surface area contributed by atoms with E-state index in [1.807, 2.05) is 0 Å². The fraction of sp³-hybridized carbons (Fsp3) is 0.278. The molecule has 0 unspecified atom stereocenters. The van der Waals surface area contributed by atoms with Gasteiger partial charge in [-0.05, 0) is 51.8 Å². The SMILES string of the molecule is CCN(CC)S(=O)(=O)c1ccc(O)c(NC(=O)Cc2ccc(F)c(Br)c2)c1. The number of aromatic hydroxyl groups is 1. The second kappa shape index (κ2) is 8.81. The van der Waals surface area contributed by atoms with Crippen LogP contribution in [0.15, 0.2) is 45.8 Å². The van der Waals surface area contributed by atoms with Crippen molar-refractivity contribution in [2.75, 3.05) is 18.4 Å². The Bertz CT molecular complexity index is 946. The van der Waals surface area contributed by atoms with Crippen molar-refractivity contribution in [1.82, 2.24) is 4.31 Å². The number of phenolic OH excluding ortho intramolecular Hbond substituents is 1. The molecular weight excluding hydrogens is 439 g/mol. The molecule has 0 aromatic heterocycles. The summed E-state index contributed by atoms with van der Waals surface area (Å²) in [5, 5.41) is 12.5. The summed E-state index contributed by atoms with van der Waals surface area (Å²) in [4.78, 5) is 12.2. The van der Waals surface area contributed by atoms with Crippen LogP contribution in [0.3, 0.4) is 0 Å². The van der Waals surface area contributed by atoms with Crippen LogP contribution in [0.25, 0.3) is 0 Å². The molecule has 2 aromatic rings. The Balaban J connectivity index is 2.23. The molecule has 0 fully saturated rings. The van der Waals surface area contributed by atoms with E-state index in [1.165, 1.54) is 40.7 Å². The molecule has 0 saturated carbocycles. The van der Waals surface area contributed by atoms with Gasteiger partial charge in [0.15, 0.2) is 0 Å². The second-order valence-electron chi connectivity index (χ2n) is 5.74. The number of rotatable bonds is 7. The van der Waals surface area contributed by atoms with Crippen molar-refractivity contribution in [2.45, 2.75) is 25.2 Å². The molecule has 0 bridgehead atoms. The average Bonchev–Trinajstić information content (AvgIpc) is 2.60. The van der Waals surface area contributed by atoms with Crippen LogP contribution in [0.2, 0.25) is 0 Å². The van der Waals surface area contributed by atoms with Crippen molar-refractivity contribution in [3.8, 4) is 5.75 Å². The molecule has 27 heavy (non-hydrogen) atoms. The first-order valence-electron chi connectivity index (χ1n) is 8.26. The number of carbonyl (C=O) groups excluding carboxylic acids is 1. The van der Waals surface area contributed by atoms with Crippen LogP contribution in [0.4, 0.5) is 10.1 Å². The maximum Gasteiger partial charge on any atom is 0.243 e. The number of carbonyl (C=O) groups is 1. The van der Waals surface area contributed by atoms with E-state index in [-0.39, 0.29) is 27.2 Å². The Hall–Kier alpha value is -1.97. The van der Waals surface area contributed by atoms with Gasteiger partial charge in [0.1, 0.15) is 11.6 Å². The van der Waals surface area contributed by atoms with E-state index < -0.39 is 21.7 Å². The molecular formula is C18H20BrFN2O4S. The van der Waals surface area contributed by atoms with Gasteiger partial charge in [-0.2, -0.15) is 4.31 Å². The standard InChI is InChI=1S/C18H20BrFN2O4S/c1-3-22(4-2)27(25,26)13-6-8-17(23)16(11-13)21-18(24)10-12-5-7-15(20)14(19)9-12/h5-9,11,23H,3-4,10H2,1-2H3,(H,21,24). The molecule has 6 nitrogen and oxygen atoms in total. The smallest absolute Gasteiger partial charge is 0.243 e. The summed E-state index contributed by atoms with van der Waals surface area (Å²) in [5.74, 6) is -1.16. The van der Waals surface area contributed by atoms with Gasteiger partial charge in [0, 0.05) is 13.1 Å². The summed E-state index contributed by atoms with van der Waals surface area (Å²) >= 11 is 3.05. The second-order valence-corrected chi connectivity index (χ2v) is 8.53. The molecule has 0 saturated heterocycles. The largest absolute Gasteiger partial charge is 0.506 e. The molecule has 0 aliphatic heterocycles. The Morgan fingerprint density at radius 3 is 2.44 bits per heavy atom. The summed E-state index contributed by atoms with van der Waals surface area (Å²) in [5.41, 5.74) is 0.557. The van der Waals surface area contributed by atoms with Gasteiger partial charge in [-0.3, -0.25) is 4.79 Å². The number of phenols is 1. The molecule has 0 aliphatic rings. The third-order valence-electron chi connectivity index (χ3n) is 3.93. The minimum absolute atomic E-state index is 0.00518. The van der Waals surface area contributed by atoms with Crippen molar-refractivity contribution < 1.29 is 22.7 Å². The molecule has 0 radical (unpaired) electrons. The highest BCUT2D eigenvalue weighted by Gasteiger charge is 2.23. The summed E-state index contributed by atoms with van der Waals surface area (Å²) < 4.78 is 40.0. The minimum Gasteiger partial charge on any atom is -0.506 e. The number of nitrogens with zero attached hydrogens (tertiary/aromatic N) is 1. The predicted molar refractivity (Wildman–Crippen MR) is 105 cm³/mol. The first kappa shape index (κ1) is 21.3. The molecule has 146 valence electrons. The highest BCUT2D eigenvalue weighted by atomic mass is 79.9. The molecule has 1 amide bonds. The van der Waals surface area contributed by atoms with Crippen LogP contribution >= 0.6 is 15.9 Å². The van der Waals surface area contributed by atoms with Crippen LogP contribution < -0.4 is 5.32 Å². The zero-order valence-electron chi connectivity index (χ0n) is 14.9. The number of nitrogens with one attached hydrogen (secondary N) is 1. The predicted octanol–water partition coefficient (Wildman–Crippen LogP) is 3.51. The highest BCUT2D eigenvalue weighted by molar-refractivity contribution is 9.10. The normalized spacial score (nSPS) is 11.6. The van der Waals surface area contributed by atoms with Gasteiger partial charge in [0.05, 0.1) is 21.5 Å². The lowest BCUT2D eigenvalue weighted by Gasteiger charge is -2.19. The molecule has 0 aliphatic carbocycles. The van der Waals surface area contributed by atoms with E-state index in [9.17, 15) is 22.7 Å². The van der Waals surface area contributed by atoms with Crippen LogP contribution in [-0.4, -0.2) is 36.8 Å². The van der Waals surface area contributed by atoms with Gasteiger partial charge in [0.25, 0.3) is 0 Å². The quantitative estimate of drug-likeness (QED) is 0.621. The fourth-order valence-electron chi connectivity index (χ4n) is 2.52. The third-order valence-corrected chi connectivity index (χ3v) is 6.59. The highest BCUT2D eigenvalue weighted by Crippen LogP contribution is 2.28. The molecule has 0 atom stereocenters. The molecule has 2 aromatic carbocycles. The third kappa shape index (κ3) is 5.06. The van der Waals surface area contributed by atoms with E-state index >= 15 is 0 Å². The Kier molecular flexibility index (Phi) is 6.96.